The van der Waals surface area contributed by atoms with Crippen LogP contribution in [0.25, 0.3) is 0 Å². The smallest absolute Gasteiger partial charge is 0.173 e. The molecule has 0 bridgehead atoms. The molecule has 0 aliphatic rings. The van der Waals surface area contributed by atoms with Crippen molar-refractivity contribution in [3.05, 3.63) is 73.1 Å². The molecular formula is C21H25N5OS. The fraction of sp³-hybridized carbons (Fsp3) is 0.286. The predicted octanol–water partition coefficient (Wildman–Crippen LogP) is 3.97. The van der Waals surface area contributed by atoms with Gasteiger partial charge in [-0.1, -0.05) is 12.1 Å². The summed E-state index contributed by atoms with van der Waals surface area (Å²) in [5.74, 6) is 0.801. The minimum Gasteiger partial charge on any atom is -0.492 e. The Morgan fingerprint density at radius 1 is 1.14 bits per heavy atom. The normalized spacial score (nSPS) is 10.5. The Morgan fingerprint density at radius 2 is 1.96 bits per heavy atom. The van der Waals surface area contributed by atoms with Gasteiger partial charge in [-0.15, -0.1) is 0 Å². The molecule has 28 heavy (non-hydrogen) atoms. The van der Waals surface area contributed by atoms with Crippen molar-refractivity contribution in [2.45, 2.75) is 26.4 Å². The lowest BCUT2D eigenvalue weighted by Crippen LogP contribution is -2.35. The molecule has 0 unspecified atom stereocenters. The van der Waals surface area contributed by atoms with Crippen LogP contribution in [-0.2, 0) is 13.1 Å². The fourth-order valence-corrected chi connectivity index (χ4v) is 3.14. The molecule has 3 aromatic rings. The standard InChI is InChI=1S/C21H25N5OS/c1-2-27-20-7-4-3-6-19(20)24-21(28)26(16-18-8-10-22-11-9-18)14-5-13-25-15-12-23-17-25/h3-4,6-12,15,17H,2,5,13-14,16H2,1H3,(H,24,28). The molecule has 0 spiro atoms. The van der Waals surface area contributed by atoms with Gasteiger partial charge in [-0.25, -0.2) is 4.98 Å². The van der Waals surface area contributed by atoms with Crippen LogP contribution in [0.5, 0.6) is 5.75 Å². The zero-order valence-electron chi connectivity index (χ0n) is 16.0. The number of ether oxygens (including phenoxy) is 1. The van der Waals surface area contributed by atoms with E-state index in [1.54, 1.807) is 18.6 Å². The Bertz CT molecular complexity index is 854. The number of hydrogen-bond donors (Lipinski definition) is 1. The number of rotatable bonds is 9. The quantitative estimate of drug-likeness (QED) is 0.554. The second-order valence-electron chi connectivity index (χ2n) is 6.29. The van der Waals surface area contributed by atoms with Crippen LogP contribution in [0.2, 0.25) is 0 Å². The van der Waals surface area contributed by atoms with Crippen LogP contribution < -0.4 is 10.1 Å². The Balaban J connectivity index is 1.68. The molecule has 0 aliphatic carbocycles. The summed E-state index contributed by atoms with van der Waals surface area (Å²) in [4.78, 5) is 10.4. The van der Waals surface area contributed by atoms with Crippen molar-refractivity contribution in [2.24, 2.45) is 0 Å². The second-order valence-corrected chi connectivity index (χ2v) is 6.68. The summed E-state index contributed by atoms with van der Waals surface area (Å²) in [6.07, 6.45) is 10.2. The summed E-state index contributed by atoms with van der Waals surface area (Å²) in [6.45, 7) is 5.02. The van der Waals surface area contributed by atoms with Crippen LogP contribution >= 0.6 is 12.2 Å². The van der Waals surface area contributed by atoms with E-state index in [0.29, 0.717) is 11.7 Å². The number of anilines is 1. The molecule has 6 nitrogen and oxygen atoms in total. The van der Waals surface area contributed by atoms with E-state index in [2.05, 4.69) is 24.8 Å². The third kappa shape index (κ3) is 5.79. The zero-order chi connectivity index (χ0) is 19.6. The molecule has 2 aromatic heterocycles. The van der Waals surface area contributed by atoms with E-state index < -0.39 is 0 Å². The van der Waals surface area contributed by atoms with E-state index in [-0.39, 0.29) is 0 Å². The molecule has 146 valence electrons. The third-order valence-corrected chi connectivity index (χ3v) is 4.60. The van der Waals surface area contributed by atoms with Crippen molar-refractivity contribution < 1.29 is 4.74 Å². The Morgan fingerprint density at radius 3 is 2.71 bits per heavy atom. The fourth-order valence-electron chi connectivity index (χ4n) is 2.87. The number of benzene rings is 1. The van der Waals surface area contributed by atoms with Crippen LogP contribution in [0, 0.1) is 0 Å². The highest BCUT2D eigenvalue weighted by Crippen LogP contribution is 2.24. The number of hydrogen-bond acceptors (Lipinski definition) is 4. The SMILES string of the molecule is CCOc1ccccc1NC(=S)N(CCCn1ccnc1)Cc1ccncc1. The molecule has 0 fully saturated rings. The van der Waals surface area contributed by atoms with Crippen LogP contribution in [0.3, 0.4) is 0 Å². The molecule has 0 radical (unpaired) electrons. The van der Waals surface area contributed by atoms with Crippen molar-refractivity contribution >= 4 is 23.0 Å². The maximum absolute atomic E-state index is 5.74. The van der Waals surface area contributed by atoms with Crippen molar-refractivity contribution in [3.8, 4) is 5.75 Å². The van der Waals surface area contributed by atoms with Gasteiger partial charge in [-0.3, -0.25) is 4.98 Å². The van der Waals surface area contributed by atoms with Gasteiger partial charge in [0.1, 0.15) is 5.75 Å². The Hall–Kier alpha value is -2.93. The molecule has 7 heteroatoms. The van der Waals surface area contributed by atoms with E-state index >= 15 is 0 Å². The van der Waals surface area contributed by atoms with E-state index in [9.17, 15) is 0 Å². The second kappa shape index (κ2) is 10.4. The lowest BCUT2D eigenvalue weighted by atomic mass is 10.2. The first kappa shape index (κ1) is 19.8. The summed E-state index contributed by atoms with van der Waals surface area (Å²) in [6, 6.07) is 11.9. The van der Waals surface area contributed by atoms with Crippen LogP contribution in [0.15, 0.2) is 67.5 Å². The lowest BCUT2D eigenvalue weighted by Gasteiger charge is -2.26. The number of thiocarbonyl (C=S) groups is 1. The maximum atomic E-state index is 5.74. The van der Waals surface area contributed by atoms with Gasteiger partial charge in [0.2, 0.25) is 0 Å². The number of para-hydroxylation sites is 2. The first-order valence-corrected chi connectivity index (χ1v) is 9.79. The Kier molecular flexibility index (Phi) is 7.37. The molecule has 0 amide bonds. The zero-order valence-corrected chi connectivity index (χ0v) is 16.8. The van der Waals surface area contributed by atoms with Gasteiger partial charge < -0.3 is 19.5 Å². The van der Waals surface area contributed by atoms with E-state index in [1.807, 2.05) is 55.8 Å². The number of nitrogens with zero attached hydrogens (tertiary/aromatic N) is 4. The monoisotopic (exact) mass is 395 g/mol. The summed E-state index contributed by atoms with van der Waals surface area (Å²) in [5.41, 5.74) is 2.04. The summed E-state index contributed by atoms with van der Waals surface area (Å²) in [5, 5.41) is 4.03. The molecule has 0 saturated carbocycles. The molecule has 0 atom stereocenters. The number of pyridine rings is 1. The minimum absolute atomic E-state index is 0.608. The summed E-state index contributed by atoms with van der Waals surface area (Å²) >= 11 is 5.74. The van der Waals surface area contributed by atoms with Gasteiger partial charge in [-0.05, 0) is 55.4 Å². The lowest BCUT2D eigenvalue weighted by molar-refractivity contribution is 0.341. The van der Waals surface area contributed by atoms with Gasteiger partial charge in [-0.2, -0.15) is 0 Å². The van der Waals surface area contributed by atoms with Gasteiger partial charge in [0.05, 0.1) is 18.6 Å². The van der Waals surface area contributed by atoms with E-state index in [1.165, 1.54) is 5.56 Å². The van der Waals surface area contributed by atoms with Gasteiger partial charge in [0.25, 0.3) is 0 Å². The predicted molar refractivity (Wildman–Crippen MR) is 115 cm³/mol. The minimum atomic E-state index is 0.608. The van der Waals surface area contributed by atoms with Crippen molar-refractivity contribution in [1.29, 1.82) is 0 Å². The molecule has 0 saturated heterocycles. The highest BCUT2D eigenvalue weighted by atomic mass is 32.1. The van der Waals surface area contributed by atoms with Crippen molar-refractivity contribution in [1.82, 2.24) is 19.4 Å². The average molecular weight is 396 g/mol. The number of nitrogens with one attached hydrogen (secondary N) is 1. The molecule has 3 rings (SSSR count). The van der Waals surface area contributed by atoms with E-state index in [0.717, 1.165) is 37.5 Å². The molecule has 0 aliphatic heterocycles. The molecule has 1 aromatic carbocycles. The van der Waals surface area contributed by atoms with Crippen LogP contribution in [0.4, 0.5) is 5.69 Å². The maximum Gasteiger partial charge on any atom is 0.173 e. The van der Waals surface area contributed by atoms with Gasteiger partial charge >= 0.3 is 0 Å². The number of aryl methyl sites for hydroxylation is 1. The molecule has 2 heterocycles. The topological polar surface area (TPSA) is 55.2 Å². The number of imidazole rings is 1. The van der Waals surface area contributed by atoms with Crippen LogP contribution in [-0.4, -0.2) is 37.7 Å². The summed E-state index contributed by atoms with van der Waals surface area (Å²) < 4.78 is 7.78. The Labute approximate surface area is 171 Å². The summed E-state index contributed by atoms with van der Waals surface area (Å²) in [7, 11) is 0. The molecular weight excluding hydrogens is 370 g/mol. The van der Waals surface area contributed by atoms with Crippen LogP contribution in [0.1, 0.15) is 18.9 Å². The van der Waals surface area contributed by atoms with E-state index in [4.69, 9.17) is 17.0 Å². The first-order valence-electron chi connectivity index (χ1n) is 9.38. The van der Waals surface area contributed by atoms with Gasteiger partial charge in [0, 0.05) is 44.4 Å². The highest BCUT2D eigenvalue weighted by Gasteiger charge is 2.13. The van der Waals surface area contributed by atoms with Gasteiger partial charge in [0.15, 0.2) is 5.11 Å². The highest BCUT2D eigenvalue weighted by molar-refractivity contribution is 7.80. The third-order valence-electron chi connectivity index (χ3n) is 4.24. The average Bonchev–Trinajstić information content (AvgIpc) is 3.23. The number of aromatic nitrogens is 3. The molecule has 1 N–H and O–H groups in total. The van der Waals surface area contributed by atoms with Crippen molar-refractivity contribution in [3.63, 3.8) is 0 Å². The van der Waals surface area contributed by atoms with Crippen molar-refractivity contribution in [2.75, 3.05) is 18.5 Å². The largest absolute Gasteiger partial charge is 0.492 e. The first-order chi connectivity index (χ1) is 13.8.